The number of benzene rings is 1. The van der Waals surface area contributed by atoms with Crippen LogP contribution in [0.4, 0.5) is 5.82 Å². The molecule has 0 amide bonds. The molecule has 0 aliphatic carbocycles. The first kappa shape index (κ1) is 12.4. The highest BCUT2D eigenvalue weighted by atomic mass is 35.5. The Kier molecular flexibility index (Phi) is 2.89. The fourth-order valence-corrected chi connectivity index (χ4v) is 2.80. The van der Waals surface area contributed by atoms with Crippen molar-refractivity contribution in [3.05, 3.63) is 59.4 Å². The molecule has 4 rings (SSSR count). The molecule has 5 heteroatoms. The lowest BCUT2D eigenvalue weighted by Gasteiger charge is -2.06. The summed E-state index contributed by atoms with van der Waals surface area (Å²) >= 11 is 5.96. The molecule has 21 heavy (non-hydrogen) atoms. The first-order valence-corrected chi connectivity index (χ1v) is 7.23. The number of anilines is 1. The Labute approximate surface area is 127 Å². The fraction of sp³-hybridized carbons (Fsp3) is 0.125. The Hall–Kier alpha value is -2.33. The summed E-state index contributed by atoms with van der Waals surface area (Å²) in [6.07, 6.45) is 4.61. The topological polar surface area (TPSA) is 42.7 Å². The van der Waals surface area contributed by atoms with Gasteiger partial charge >= 0.3 is 0 Å². The summed E-state index contributed by atoms with van der Waals surface area (Å²) in [7, 11) is 0. The predicted octanol–water partition coefficient (Wildman–Crippen LogP) is 3.56. The lowest BCUT2D eigenvalue weighted by molar-refractivity contribution is 0.882. The first-order chi connectivity index (χ1) is 10.3. The Morgan fingerprint density at radius 3 is 2.76 bits per heavy atom. The van der Waals surface area contributed by atoms with Crippen LogP contribution >= 0.6 is 11.6 Å². The van der Waals surface area contributed by atoms with Gasteiger partial charge in [-0.3, -0.25) is 4.98 Å². The standard InChI is InChI=1S/C16H13ClN4/c17-12-3-5-13(6-4-12)21-16-14(7-9-19-16)15(20-21)11-2-1-8-18-10-11/h1-6,8,10,19H,7,9H2. The van der Waals surface area contributed by atoms with Gasteiger partial charge in [-0.05, 0) is 42.8 Å². The second-order valence-corrected chi connectivity index (χ2v) is 5.42. The van der Waals surface area contributed by atoms with Crippen molar-refractivity contribution < 1.29 is 0 Å². The smallest absolute Gasteiger partial charge is 0.133 e. The van der Waals surface area contributed by atoms with Crippen LogP contribution in [-0.4, -0.2) is 21.3 Å². The maximum atomic E-state index is 5.96. The molecule has 104 valence electrons. The van der Waals surface area contributed by atoms with E-state index in [2.05, 4.69) is 10.3 Å². The summed E-state index contributed by atoms with van der Waals surface area (Å²) in [5, 5.41) is 8.92. The molecule has 0 unspecified atom stereocenters. The van der Waals surface area contributed by atoms with Crippen LogP contribution in [0.2, 0.25) is 5.02 Å². The van der Waals surface area contributed by atoms with E-state index in [9.17, 15) is 0 Å². The molecule has 0 bridgehead atoms. The van der Waals surface area contributed by atoms with Crippen LogP contribution in [0.1, 0.15) is 5.56 Å². The van der Waals surface area contributed by atoms with Crippen LogP contribution in [0.15, 0.2) is 48.8 Å². The number of pyridine rings is 1. The zero-order chi connectivity index (χ0) is 14.2. The van der Waals surface area contributed by atoms with E-state index in [1.165, 1.54) is 5.56 Å². The third-order valence-corrected chi connectivity index (χ3v) is 3.91. The van der Waals surface area contributed by atoms with E-state index in [0.717, 1.165) is 40.8 Å². The van der Waals surface area contributed by atoms with E-state index < -0.39 is 0 Å². The first-order valence-electron chi connectivity index (χ1n) is 6.85. The number of hydrogen-bond acceptors (Lipinski definition) is 3. The van der Waals surface area contributed by atoms with Crippen molar-refractivity contribution in [3.8, 4) is 16.9 Å². The van der Waals surface area contributed by atoms with Gasteiger partial charge in [-0.25, -0.2) is 4.68 Å². The SMILES string of the molecule is Clc1ccc(-n2nc(-c3cccnc3)c3c2NCC3)cc1. The van der Waals surface area contributed by atoms with Crippen LogP contribution in [-0.2, 0) is 6.42 Å². The van der Waals surface area contributed by atoms with Crippen molar-refractivity contribution in [1.82, 2.24) is 14.8 Å². The molecule has 1 N–H and O–H groups in total. The number of fused-ring (bicyclic) bond motifs is 1. The van der Waals surface area contributed by atoms with Crippen molar-refractivity contribution >= 4 is 17.4 Å². The van der Waals surface area contributed by atoms with E-state index in [0.29, 0.717) is 0 Å². The zero-order valence-corrected chi connectivity index (χ0v) is 12.0. The molecule has 1 aliphatic heterocycles. The van der Waals surface area contributed by atoms with E-state index in [4.69, 9.17) is 16.7 Å². The van der Waals surface area contributed by atoms with Gasteiger partial charge in [0.25, 0.3) is 0 Å². The van der Waals surface area contributed by atoms with Gasteiger partial charge in [0.05, 0.1) is 11.4 Å². The number of halogens is 1. The maximum Gasteiger partial charge on any atom is 0.133 e. The predicted molar refractivity (Wildman–Crippen MR) is 84.0 cm³/mol. The molecule has 4 nitrogen and oxygen atoms in total. The third kappa shape index (κ3) is 2.08. The Morgan fingerprint density at radius 2 is 2.00 bits per heavy atom. The highest BCUT2D eigenvalue weighted by molar-refractivity contribution is 6.30. The summed E-state index contributed by atoms with van der Waals surface area (Å²) in [6, 6.07) is 11.7. The van der Waals surface area contributed by atoms with Crippen LogP contribution in [0, 0.1) is 0 Å². The summed E-state index contributed by atoms with van der Waals surface area (Å²) in [6.45, 7) is 0.939. The highest BCUT2D eigenvalue weighted by Crippen LogP contribution is 2.34. The minimum atomic E-state index is 0.725. The van der Waals surface area contributed by atoms with Gasteiger partial charge in [0.1, 0.15) is 5.82 Å². The summed E-state index contributed by atoms with van der Waals surface area (Å²) < 4.78 is 1.95. The van der Waals surface area contributed by atoms with E-state index in [1.807, 2.05) is 47.3 Å². The number of nitrogens with zero attached hydrogens (tertiary/aromatic N) is 3. The molecule has 0 radical (unpaired) electrons. The minimum Gasteiger partial charge on any atom is -0.369 e. The molecule has 2 aromatic heterocycles. The fourth-order valence-electron chi connectivity index (χ4n) is 2.68. The molecule has 3 aromatic rings. The quantitative estimate of drug-likeness (QED) is 0.786. The molecule has 0 saturated heterocycles. The van der Waals surface area contributed by atoms with Gasteiger partial charge in [0, 0.05) is 35.1 Å². The van der Waals surface area contributed by atoms with Crippen LogP contribution in [0.3, 0.4) is 0 Å². The number of hydrogen-bond donors (Lipinski definition) is 1. The summed E-state index contributed by atoms with van der Waals surface area (Å²) in [4.78, 5) is 4.19. The van der Waals surface area contributed by atoms with Crippen molar-refractivity contribution in [2.45, 2.75) is 6.42 Å². The molecule has 0 saturated carbocycles. The van der Waals surface area contributed by atoms with Gasteiger partial charge < -0.3 is 5.32 Å². The average molecular weight is 297 g/mol. The largest absolute Gasteiger partial charge is 0.369 e. The monoisotopic (exact) mass is 296 g/mol. The van der Waals surface area contributed by atoms with Crippen molar-refractivity contribution in [1.29, 1.82) is 0 Å². The lowest BCUT2D eigenvalue weighted by atomic mass is 10.1. The Morgan fingerprint density at radius 1 is 1.14 bits per heavy atom. The minimum absolute atomic E-state index is 0.725. The van der Waals surface area contributed by atoms with E-state index in [1.54, 1.807) is 6.20 Å². The average Bonchev–Trinajstić information content (AvgIpc) is 3.11. The van der Waals surface area contributed by atoms with Crippen LogP contribution < -0.4 is 5.32 Å². The number of nitrogens with one attached hydrogen (secondary N) is 1. The van der Waals surface area contributed by atoms with Crippen molar-refractivity contribution in [3.63, 3.8) is 0 Å². The van der Waals surface area contributed by atoms with Crippen LogP contribution in [0.5, 0.6) is 0 Å². The molecule has 0 atom stereocenters. The number of aromatic nitrogens is 3. The van der Waals surface area contributed by atoms with E-state index in [-0.39, 0.29) is 0 Å². The molecular formula is C16H13ClN4. The molecule has 1 aromatic carbocycles. The molecule has 0 fully saturated rings. The summed E-state index contributed by atoms with van der Waals surface area (Å²) in [5.41, 5.74) is 4.29. The second-order valence-electron chi connectivity index (χ2n) is 4.98. The van der Waals surface area contributed by atoms with Crippen LogP contribution in [0.25, 0.3) is 16.9 Å². The normalized spacial score (nSPS) is 13.0. The molecule has 3 heterocycles. The molecular weight excluding hydrogens is 284 g/mol. The third-order valence-electron chi connectivity index (χ3n) is 3.66. The maximum absolute atomic E-state index is 5.96. The van der Waals surface area contributed by atoms with Gasteiger partial charge in [0.15, 0.2) is 0 Å². The summed E-state index contributed by atoms with van der Waals surface area (Å²) in [5.74, 6) is 1.07. The number of rotatable bonds is 2. The van der Waals surface area contributed by atoms with Gasteiger partial charge in [-0.1, -0.05) is 11.6 Å². The van der Waals surface area contributed by atoms with Crippen molar-refractivity contribution in [2.24, 2.45) is 0 Å². The van der Waals surface area contributed by atoms with Gasteiger partial charge in [-0.15, -0.1) is 0 Å². The zero-order valence-electron chi connectivity index (χ0n) is 11.3. The van der Waals surface area contributed by atoms with E-state index >= 15 is 0 Å². The van der Waals surface area contributed by atoms with Gasteiger partial charge in [0.2, 0.25) is 0 Å². The van der Waals surface area contributed by atoms with Gasteiger partial charge in [-0.2, -0.15) is 5.10 Å². The molecule has 1 aliphatic rings. The lowest BCUT2D eigenvalue weighted by Crippen LogP contribution is -2.04. The second kappa shape index (κ2) is 4.90. The Balaban J connectivity index is 1.88. The van der Waals surface area contributed by atoms with Crippen molar-refractivity contribution in [2.75, 3.05) is 11.9 Å². The molecule has 0 spiro atoms. The Bertz CT molecular complexity index is 778. The highest BCUT2D eigenvalue weighted by Gasteiger charge is 2.23.